The van der Waals surface area contributed by atoms with Crippen LogP contribution < -0.4 is 5.32 Å². The summed E-state index contributed by atoms with van der Waals surface area (Å²) in [6.45, 7) is 0. The van der Waals surface area contributed by atoms with E-state index in [0.717, 1.165) is 11.4 Å². The van der Waals surface area contributed by atoms with Crippen LogP contribution in [0.1, 0.15) is 16.1 Å². The maximum absolute atomic E-state index is 12.0. The van der Waals surface area contributed by atoms with E-state index in [2.05, 4.69) is 10.3 Å². The molecule has 0 atom stereocenters. The molecule has 2 N–H and O–H groups in total. The number of allylic oxidation sites excluding steroid dienone is 1. The summed E-state index contributed by atoms with van der Waals surface area (Å²) >= 11 is 5.96. The van der Waals surface area contributed by atoms with Gasteiger partial charge in [-0.15, -0.1) is 0 Å². The molecule has 0 bridgehead atoms. The minimum absolute atomic E-state index is 0.00809. The molecule has 0 spiro atoms. The van der Waals surface area contributed by atoms with Crippen molar-refractivity contribution >= 4 is 29.1 Å². The van der Waals surface area contributed by atoms with Crippen LogP contribution in [0.2, 0.25) is 5.02 Å². The molecular formula is C13H9ClN2O. The number of Topliss-reactive ketones (excluding diaryl/α,β-unsaturated/α-hetero) is 1. The van der Waals surface area contributed by atoms with E-state index in [0.29, 0.717) is 16.3 Å². The van der Waals surface area contributed by atoms with Gasteiger partial charge in [-0.1, -0.05) is 23.7 Å². The monoisotopic (exact) mass is 244 g/mol. The van der Waals surface area contributed by atoms with Crippen molar-refractivity contribution in [3.63, 3.8) is 0 Å². The van der Waals surface area contributed by atoms with Gasteiger partial charge in [0, 0.05) is 17.4 Å². The van der Waals surface area contributed by atoms with Crippen LogP contribution in [-0.2, 0) is 0 Å². The van der Waals surface area contributed by atoms with Crippen LogP contribution in [0.5, 0.6) is 0 Å². The summed E-state index contributed by atoms with van der Waals surface area (Å²) in [6.07, 6.45) is 3.46. The molecule has 17 heavy (non-hydrogen) atoms. The zero-order chi connectivity index (χ0) is 11.8. The Morgan fingerprint density at radius 2 is 2.00 bits per heavy atom. The van der Waals surface area contributed by atoms with Crippen molar-refractivity contribution in [3.8, 4) is 0 Å². The Balaban J connectivity index is 2.02. The van der Waals surface area contributed by atoms with Crippen molar-refractivity contribution in [2.45, 2.75) is 0 Å². The fraction of sp³-hybridized carbons (Fsp3) is 0. The molecule has 0 radical (unpaired) electrons. The quantitative estimate of drug-likeness (QED) is 0.756. The van der Waals surface area contributed by atoms with Gasteiger partial charge in [0.15, 0.2) is 0 Å². The average molecular weight is 245 g/mol. The van der Waals surface area contributed by atoms with E-state index in [-0.39, 0.29) is 5.78 Å². The molecule has 0 fully saturated rings. The fourth-order valence-electron chi connectivity index (χ4n) is 1.86. The minimum Gasteiger partial charge on any atom is -0.360 e. The van der Waals surface area contributed by atoms with E-state index < -0.39 is 0 Å². The van der Waals surface area contributed by atoms with Crippen molar-refractivity contribution < 1.29 is 4.79 Å². The summed E-state index contributed by atoms with van der Waals surface area (Å²) in [6, 6.07) is 9.18. The van der Waals surface area contributed by atoms with Gasteiger partial charge in [0.25, 0.3) is 0 Å². The molecule has 3 nitrogen and oxygen atoms in total. The first-order valence-corrected chi connectivity index (χ1v) is 5.59. The number of nitrogens with one attached hydrogen (secondary N) is 2. The van der Waals surface area contributed by atoms with Crippen molar-refractivity contribution in [2.24, 2.45) is 0 Å². The normalized spacial score (nSPS) is 16.1. The van der Waals surface area contributed by atoms with Gasteiger partial charge in [0.05, 0.1) is 16.4 Å². The summed E-state index contributed by atoms with van der Waals surface area (Å²) in [4.78, 5) is 15.0. The summed E-state index contributed by atoms with van der Waals surface area (Å²) in [5.74, 6) is -0.00809. The number of anilines is 1. The number of hydrogen-bond donors (Lipinski definition) is 2. The van der Waals surface area contributed by atoms with E-state index in [1.807, 2.05) is 24.3 Å². The van der Waals surface area contributed by atoms with Gasteiger partial charge in [-0.2, -0.15) is 0 Å². The van der Waals surface area contributed by atoms with Crippen LogP contribution in [0.15, 0.2) is 42.2 Å². The van der Waals surface area contributed by atoms with Crippen LogP contribution in [-0.4, -0.2) is 10.8 Å². The Hall–Kier alpha value is -2.00. The number of benzene rings is 1. The van der Waals surface area contributed by atoms with Crippen LogP contribution in [0.4, 0.5) is 5.69 Å². The molecule has 1 aliphatic heterocycles. The highest BCUT2D eigenvalue weighted by molar-refractivity contribution is 6.32. The lowest BCUT2D eigenvalue weighted by Gasteiger charge is -1.97. The Morgan fingerprint density at radius 3 is 2.71 bits per heavy atom. The molecule has 1 aromatic carbocycles. The number of carbonyl (C=O) groups excluding carboxylic acids is 1. The van der Waals surface area contributed by atoms with E-state index in [1.54, 1.807) is 18.3 Å². The molecule has 2 aromatic rings. The van der Waals surface area contributed by atoms with Gasteiger partial charge in [-0.05, 0) is 24.3 Å². The topological polar surface area (TPSA) is 44.9 Å². The second kappa shape index (κ2) is 3.79. The number of halogens is 1. The predicted octanol–water partition coefficient (Wildman–Crippen LogP) is 3.32. The number of para-hydroxylation sites is 1. The molecular weight excluding hydrogens is 236 g/mol. The van der Waals surface area contributed by atoms with Crippen LogP contribution in [0.25, 0.3) is 6.08 Å². The van der Waals surface area contributed by atoms with E-state index in [9.17, 15) is 4.79 Å². The summed E-state index contributed by atoms with van der Waals surface area (Å²) in [5.41, 5.74) is 2.80. The third-order valence-corrected chi connectivity index (χ3v) is 3.03. The van der Waals surface area contributed by atoms with E-state index in [4.69, 9.17) is 11.6 Å². The summed E-state index contributed by atoms with van der Waals surface area (Å²) in [7, 11) is 0. The molecule has 0 unspecified atom stereocenters. The summed E-state index contributed by atoms with van der Waals surface area (Å²) in [5, 5.41) is 3.68. The Kier molecular flexibility index (Phi) is 2.27. The summed E-state index contributed by atoms with van der Waals surface area (Å²) < 4.78 is 0. The Labute approximate surface area is 103 Å². The molecule has 0 saturated carbocycles. The highest BCUT2D eigenvalue weighted by Crippen LogP contribution is 2.29. The zero-order valence-corrected chi connectivity index (χ0v) is 9.58. The smallest absolute Gasteiger partial charge is 0.211 e. The first-order chi connectivity index (χ1) is 8.25. The fourth-order valence-corrected chi connectivity index (χ4v) is 2.03. The lowest BCUT2D eigenvalue weighted by molar-refractivity contribution is 0.104. The number of fused-ring (bicyclic) bond motifs is 1. The largest absolute Gasteiger partial charge is 0.360 e. The number of rotatable bonds is 1. The van der Waals surface area contributed by atoms with Gasteiger partial charge in [-0.25, -0.2) is 0 Å². The third-order valence-electron chi connectivity index (χ3n) is 2.70. The van der Waals surface area contributed by atoms with Crippen LogP contribution in [0.3, 0.4) is 0 Å². The Bertz CT molecular complexity index is 628. The number of H-pyrrole nitrogens is 1. The number of carbonyl (C=O) groups is 1. The molecule has 0 aliphatic carbocycles. The Morgan fingerprint density at radius 1 is 1.18 bits per heavy atom. The van der Waals surface area contributed by atoms with Crippen molar-refractivity contribution in [3.05, 3.63) is 58.5 Å². The van der Waals surface area contributed by atoms with Gasteiger partial charge in [0.1, 0.15) is 0 Å². The van der Waals surface area contributed by atoms with Gasteiger partial charge < -0.3 is 10.3 Å². The molecule has 1 aliphatic rings. The highest BCUT2D eigenvalue weighted by Gasteiger charge is 2.23. The molecule has 84 valence electrons. The standard InChI is InChI=1S/C13H9ClN2O/c14-9-5-6-15-11(9)7-12-13(17)8-3-1-2-4-10(8)16-12/h1-7,15-16H. The third kappa shape index (κ3) is 1.65. The van der Waals surface area contributed by atoms with Crippen molar-refractivity contribution in [2.75, 3.05) is 5.32 Å². The number of aromatic amines is 1. The molecule has 2 heterocycles. The molecule has 3 rings (SSSR count). The molecule has 4 heteroatoms. The van der Waals surface area contributed by atoms with E-state index in [1.165, 1.54) is 0 Å². The van der Waals surface area contributed by atoms with E-state index >= 15 is 0 Å². The highest BCUT2D eigenvalue weighted by atomic mass is 35.5. The second-order valence-electron chi connectivity index (χ2n) is 3.80. The average Bonchev–Trinajstić information content (AvgIpc) is 2.87. The van der Waals surface area contributed by atoms with Crippen LogP contribution >= 0.6 is 11.6 Å². The maximum Gasteiger partial charge on any atom is 0.211 e. The number of ketones is 1. The number of hydrogen-bond acceptors (Lipinski definition) is 2. The lowest BCUT2D eigenvalue weighted by Crippen LogP contribution is -1.99. The van der Waals surface area contributed by atoms with Gasteiger partial charge in [0.2, 0.25) is 5.78 Å². The molecule has 0 saturated heterocycles. The van der Waals surface area contributed by atoms with Gasteiger partial charge >= 0.3 is 0 Å². The van der Waals surface area contributed by atoms with Gasteiger partial charge in [-0.3, -0.25) is 4.79 Å². The van der Waals surface area contributed by atoms with Crippen molar-refractivity contribution in [1.29, 1.82) is 0 Å². The SMILES string of the molecule is O=C1C(=Cc2[nH]ccc2Cl)Nc2ccccc21. The lowest BCUT2D eigenvalue weighted by atomic mass is 10.1. The molecule has 1 aromatic heterocycles. The predicted molar refractivity (Wildman–Crippen MR) is 68.2 cm³/mol. The first kappa shape index (κ1) is 10.2. The zero-order valence-electron chi connectivity index (χ0n) is 8.83. The number of aromatic nitrogens is 1. The minimum atomic E-state index is -0.00809. The van der Waals surface area contributed by atoms with Crippen LogP contribution in [0, 0.1) is 0 Å². The second-order valence-corrected chi connectivity index (χ2v) is 4.20. The van der Waals surface area contributed by atoms with Crippen molar-refractivity contribution in [1.82, 2.24) is 4.98 Å². The first-order valence-electron chi connectivity index (χ1n) is 5.21. The molecule has 0 amide bonds. The maximum atomic E-state index is 12.0.